The number of carbonyl (C=O) groups is 1. The predicted octanol–water partition coefficient (Wildman–Crippen LogP) is 4.44. The minimum Gasteiger partial charge on any atom is -0.389 e. The third kappa shape index (κ3) is 16.7. The van der Waals surface area contributed by atoms with E-state index in [-0.39, 0.29) is 5.78 Å². The lowest BCUT2D eigenvalue weighted by Crippen LogP contribution is -1.98. The highest BCUT2D eigenvalue weighted by atomic mass is 16.3. The van der Waals surface area contributed by atoms with Gasteiger partial charge in [0.05, 0.1) is 12.2 Å². The lowest BCUT2D eigenvalue weighted by molar-refractivity contribution is -0.117. The summed E-state index contributed by atoms with van der Waals surface area (Å²) in [7, 11) is 0. The van der Waals surface area contributed by atoms with Crippen molar-refractivity contribution < 1.29 is 15.0 Å². The Hall–Kier alpha value is -1.71. The molecule has 3 heteroatoms. The van der Waals surface area contributed by atoms with Crippen LogP contribution in [0, 0.1) is 0 Å². The van der Waals surface area contributed by atoms with Gasteiger partial charge in [-0.1, -0.05) is 67.7 Å². The van der Waals surface area contributed by atoms with Gasteiger partial charge >= 0.3 is 0 Å². The van der Waals surface area contributed by atoms with Crippen LogP contribution < -0.4 is 0 Å². The van der Waals surface area contributed by atoms with E-state index in [2.05, 4.69) is 12.2 Å². The Morgan fingerprint density at radius 1 is 0.917 bits per heavy atom. The summed E-state index contributed by atoms with van der Waals surface area (Å²) in [6.45, 7) is 3.54. The number of carbonyl (C=O) groups excluding carboxylic acids is 1. The van der Waals surface area contributed by atoms with Crippen LogP contribution in [0.5, 0.6) is 0 Å². The summed E-state index contributed by atoms with van der Waals surface area (Å²) in [6, 6.07) is 0. The number of Topliss-reactive ketones (excluding diaryl/α,β-unsaturated/α-hetero) is 1. The highest BCUT2D eigenvalue weighted by Crippen LogP contribution is 2.00. The zero-order valence-corrected chi connectivity index (χ0v) is 15.0. The van der Waals surface area contributed by atoms with Gasteiger partial charge in [0.25, 0.3) is 0 Å². The van der Waals surface area contributed by atoms with E-state index in [1.807, 2.05) is 31.2 Å². The van der Waals surface area contributed by atoms with Crippen molar-refractivity contribution in [1.82, 2.24) is 0 Å². The molecule has 24 heavy (non-hydrogen) atoms. The maximum absolute atomic E-state index is 10.8. The molecule has 0 aromatic carbocycles. The first-order valence-corrected chi connectivity index (χ1v) is 8.73. The van der Waals surface area contributed by atoms with E-state index < -0.39 is 12.2 Å². The summed E-state index contributed by atoms with van der Waals surface area (Å²) in [5.41, 5.74) is 0. The fourth-order valence-corrected chi connectivity index (χ4v) is 1.82. The van der Waals surface area contributed by atoms with Crippen molar-refractivity contribution in [3.63, 3.8) is 0 Å². The molecule has 2 atom stereocenters. The quantitative estimate of drug-likeness (QED) is 0.298. The molecular formula is C21H32O3. The molecule has 0 spiro atoms. The molecule has 0 radical (unpaired) electrons. The maximum atomic E-state index is 10.8. The van der Waals surface area contributed by atoms with Crippen LogP contribution in [0.25, 0.3) is 0 Å². The second kappa shape index (κ2) is 16.2. The average molecular weight is 332 g/mol. The van der Waals surface area contributed by atoms with Crippen LogP contribution in [0.2, 0.25) is 0 Å². The molecule has 0 saturated heterocycles. The summed E-state index contributed by atoms with van der Waals surface area (Å²) in [4.78, 5) is 10.8. The Morgan fingerprint density at radius 2 is 1.54 bits per heavy atom. The molecule has 0 rings (SSSR count). The van der Waals surface area contributed by atoms with Gasteiger partial charge in [-0.15, -0.1) is 0 Å². The molecule has 0 bridgehead atoms. The van der Waals surface area contributed by atoms with E-state index in [0.29, 0.717) is 19.3 Å². The summed E-state index contributed by atoms with van der Waals surface area (Å²) < 4.78 is 0. The first kappa shape index (κ1) is 22.3. The number of aliphatic hydroxyl groups is 2. The first-order chi connectivity index (χ1) is 11.6. The monoisotopic (exact) mass is 332 g/mol. The highest BCUT2D eigenvalue weighted by molar-refractivity contribution is 5.75. The molecule has 0 aliphatic rings. The number of hydrogen-bond donors (Lipinski definition) is 2. The molecule has 0 saturated carbocycles. The molecule has 0 amide bonds. The van der Waals surface area contributed by atoms with Gasteiger partial charge < -0.3 is 15.0 Å². The fourth-order valence-electron chi connectivity index (χ4n) is 1.82. The number of allylic oxidation sites excluding steroid dienone is 7. The van der Waals surface area contributed by atoms with Crippen molar-refractivity contribution >= 4 is 5.78 Å². The molecule has 2 unspecified atom stereocenters. The van der Waals surface area contributed by atoms with Crippen LogP contribution in [0.4, 0.5) is 0 Å². The van der Waals surface area contributed by atoms with E-state index in [9.17, 15) is 15.0 Å². The van der Waals surface area contributed by atoms with E-state index in [0.717, 1.165) is 19.3 Å². The van der Waals surface area contributed by atoms with E-state index in [1.165, 1.54) is 0 Å². The molecule has 0 fully saturated rings. The predicted molar refractivity (Wildman–Crippen MR) is 102 cm³/mol. The van der Waals surface area contributed by atoms with Crippen LogP contribution in [0.15, 0.2) is 60.8 Å². The standard InChI is InChI=1S/C21H32O3/c1-3-20(23)16-12-9-10-14-18-21(24)17-13-8-6-4-5-7-11-15-19(2)22/h4-5,8-10,12-14,16,18,20-21,23-24H,3,6-7,11,15,17H2,1-2H3/b5-4-,10-9-,13-8-,16-12+,18-14+. The van der Waals surface area contributed by atoms with E-state index in [4.69, 9.17) is 0 Å². The zero-order chi connectivity index (χ0) is 18.0. The van der Waals surface area contributed by atoms with Crippen molar-refractivity contribution in [2.24, 2.45) is 0 Å². The Bertz CT molecular complexity index is 456. The minimum absolute atomic E-state index is 0.245. The zero-order valence-electron chi connectivity index (χ0n) is 15.0. The van der Waals surface area contributed by atoms with Gasteiger partial charge in [0.15, 0.2) is 0 Å². The van der Waals surface area contributed by atoms with Crippen LogP contribution in [0.3, 0.4) is 0 Å². The average Bonchev–Trinajstić information content (AvgIpc) is 2.55. The van der Waals surface area contributed by atoms with Crippen LogP contribution in [-0.4, -0.2) is 28.2 Å². The summed E-state index contributed by atoms with van der Waals surface area (Å²) >= 11 is 0. The molecule has 0 aromatic heterocycles. The molecule has 0 aromatic rings. The van der Waals surface area contributed by atoms with Gasteiger partial charge in [-0.2, -0.15) is 0 Å². The van der Waals surface area contributed by atoms with Gasteiger partial charge in [0.1, 0.15) is 5.78 Å². The first-order valence-electron chi connectivity index (χ1n) is 8.73. The van der Waals surface area contributed by atoms with Crippen molar-refractivity contribution in [2.45, 2.75) is 64.6 Å². The number of ketones is 1. The van der Waals surface area contributed by atoms with Gasteiger partial charge in [-0.25, -0.2) is 0 Å². The summed E-state index contributed by atoms with van der Waals surface area (Å²) in [6.07, 6.45) is 22.7. The number of unbranched alkanes of at least 4 members (excludes halogenated alkanes) is 1. The maximum Gasteiger partial charge on any atom is 0.129 e. The lowest BCUT2D eigenvalue weighted by Gasteiger charge is -1.98. The van der Waals surface area contributed by atoms with E-state index >= 15 is 0 Å². The SMILES string of the molecule is CCC(O)/C=C/C=C\C=C\C(O)C/C=C\C/C=C\CCCC(C)=O. The lowest BCUT2D eigenvalue weighted by atomic mass is 10.1. The highest BCUT2D eigenvalue weighted by Gasteiger charge is 1.93. The van der Waals surface area contributed by atoms with Crippen LogP contribution in [0.1, 0.15) is 52.4 Å². The normalized spacial score (nSPS) is 15.5. The van der Waals surface area contributed by atoms with Crippen LogP contribution >= 0.6 is 0 Å². The molecule has 0 aliphatic heterocycles. The van der Waals surface area contributed by atoms with Crippen LogP contribution in [-0.2, 0) is 4.79 Å². The van der Waals surface area contributed by atoms with Gasteiger partial charge in [0, 0.05) is 6.42 Å². The number of hydrogen-bond acceptors (Lipinski definition) is 3. The topological polar surface area (TPSA) is 57.5 Å². The summed E-state index contributed by atoms with van der Waals surface area (Å²) in [5.74, 6) is 0.245. The summed E-state index contributed by atoms with van der Waals surface area (Å²) in [5, 5.41) is 19.1. The van der Waals surface area contributed by atoms with Gasteiger partial charge in [-0.3, -0.25) is 0 Å². The largest absolute Gasteiger partial charge is 0.389 e. The molecule has 3 nitrogen and oxygen atoms in total. The van der Waals surface area contributed by atoms with Crippen molar-refractivity contribution in [3.05, 3.63) is 60.8 Å². The molecule has 0 heterocycles. The van der Waals surface area contributed by atoms with Gasteiger partial charge in [0.2, 0.25) is 0 Å². The van der Waals surface area contributed by atoms with Crippen molar-refractivity contribution in [2.75, 3.05) is 0 Å². The number of aliphatic hydroxyl groups excluding tert-OH is 2. The minimum atomic E-state index is -0.490. The molecular weight excluding hydrogens is 300 g/mol. The van der Waals surface area contributed by atoms with Crippen molar-refractivity contribution in [3.8, 4) is 0 Å². The molecule has 134 valence electrons. The second-order valence-electron chi connectivity index (χ2n) is 5.71. The van der Waals surface area contributed by atoms with Gasteiger partial charge in [-0.05, 0) is 39.0 Å². The molecule has 0 aliphatic carbocycles. The van der Waals surface area contributed by atoms with Crippen molar-refractivity contribution in [1.29, 1.82) is 0 Å². The van der Waals surface area contributed by atoms with E-state index in [1.54, 1.807) is 31.2 Å². The smallest absolute Gasteiger partial charge is 0.129 e. The number of rotatable bonds is 13. The Labute approximate surface area is 146 Å². The Balaban J connectivity index is 3.77. The second-order valence-corrected chi connectivity index (χ2v) is 5.71. The Kier molecular flexibility index (Phi) is 15.0. The Morgan fingerprint density at radius 3 is 2.17 bits per heavy atom. The fraction of sp³-hybridized carbons (Fsp3) is 0.476. The third-order valence-electron chi connectivity index (χ3n) is 3.30. The molecule has 2 N–H and O–H groups in total. The third-order valence-corrected chi connectivity index (χ3v) is 3.30.